The van der Waals surface area contributed by atoms with Gasteiger partial charge in [0.25, 0.3) is 0 Å². The topological polar surface area (TPSA) is 63.8 Å². The first-order valence-corrected chi connectivity index (χ1v) is 5.53. The van der Waals surface area contributed by atoms with Gasteiger partial charge in [0.15, 0.2) is 5.82 Å². The van der Waals surface area contributed by atoms with Crippen LogP contribution >= 0.6 is 0 Å². The van der Waals surface area contributed by atoms with E-state index in [2.05, 4.69) is 15.6 Å². The van der Waals surface area contributed by atoms with Crippen molar-refractivity contribution in [3.05, 3.63) is 53.0 Å². The molecule has 0 radical (unpaired) electrons. The van der Waals surface area contributed by atoms with E-state index in [1.54, 1.807) is 0 Å². The summed E-state index contributed by atoms with van der Waals surface area (Å²) >= 11 is 0. The van der Waals surface area contributed by atoms with E-state index in [-0.39, 0.29) is 17.8 Å². The zero-order chi connectivity index (χ0) is 14.8. The van der Waals surface area contributed by atoms with Gasteiger partial charge in [-0.05, 0) is 41.8 Å². The monoisotopic (exact) mass is 286 g/mol. The van der Waals surface area contributed by atoms with E-state index in [0.717, 1.165) is 12.1 Å². The lowest BCUT2D eigenvalue weighted by atomic mass is 10.0. The first-order chi connectivity index (χ1) is 9.38. The van der Waals surface area contributed by atoms with Crippen molar-refractivity contribution in [3.8, 4) is 0 Å². The quantitative estimate of drug-likeness (QED) is 0.517. The second-order valence-electron chi connectivity index (χ2n) is 4.12. The van der Waals surface area contributed by atoms with Crippen LogP contribution in [0.25, 0.3) is 0 Å². The van der Waals surface area contributed by atoms with Gasteiger partial charge in [0.1, 0.15) is 5.82 Å². The Morgan fingerprint density at radius 2 is 1.85 bits per heavy atom. The number of nitrogen functional groups attached to an aromatic ring is 1. The molecule has 1 aromatic heterocycles. The van der Waals surface area contributed by atoms with Gasteiger partial charge < -0.3 is 5.43 Å². The largest absolute Gasteiger partial charge is 0.416 e. The molecule has 2 aromatic rings. The predicted octanol–water partition coefficient (Wildman–Crippen LogP) is 2.51. The zero-order valence-electron chi connectivity index (χ0n) is 10.1. The van der Waals surface area contributed by atoms with Crippen LogP contribution < -0.4 is 11.3 Å². The molecule has 106 valence electrons. The van der Waals surface area contributed by atoms with Crippen molar-refractivity contribution in [1.82, 2.24) is 10.2 Å². The minimum absolute atomic E-state index is 0.0883. The van der Waals surface area contributed by atoms with E-state index >= 15 is 0 Å². The zero-order valence-corrected chi connectivity index (χ0v) is 10.1. The van der Waals surface area contributed by atoms with Crippen LogP contribution in [0.3, 0.4) is 0 Å². The van der Waals surface area contributed by atoms with Crippen molar-refractivity contribution in [2.75, 3.05) is 5.43 Å². The maximum Gasteiger partial charge on any atom is 0.416 e. The molecule has 0 bridgehead atoms. The van der Waals surface area contributed by atoms with Gasteiger partial charge in [-0.25, -0.2) is 10.2 Å². The number of rotatable bonds is 3. The third-order valence-electron chi connectivity index (χ3n) is 2.55. The van der Waals surface area contributed by atoms with Gasteiger partial charge in [-0.3, -0.25) is 0 Å². The number of hydrazine groups is 1. The van der Waals surface area contributed by atoms with Crippen LogP contribution in [-0.4, -0.2) is 10.2 Å². The van der Waals surface area contributed by atoms with Gasteiger partial charge in [0, 0.05) is 0 Å². The lowest BCUT2D eigenvalue weighted by Crippen LogP contribution is -2.10. The summed E-state index contributed by atoms with van der Waals surface area (Å²) in [6.07, 6.45) is -3.12. The van der Waals surface area contributed by atoms with E-state index < -0.39 is 17.6 Å². The highest BCUT2D eigenvalue weighted by Gasteiger charge is 2.31. The summed E-state index contributed by atoms with van der Waals surface area (Å²) in [7, 11) is 0. The van der Waals surface area contributed by atoms with Gasteiger partial charge in [-0.15, -0.1) is 5.10 Å². The molecule has 1 heterocycles. The molecule has 0 aliphatic rings. The number of hydrogen-bond acceptors (Lipinski definition) is 4. The maximum absolute atomic E-state index is 13.2. The maximum atomic E-state index is 13.2. The van der Waals surface area contributed by atoms with E-state index in [1.165, 1.54) is 12.3 Å². The molecule has 0 fully saturated rings. The van der Waals surface area contributed by atoms with Crippen molar-refractivity contribution >= 4 is 5.82 Å². The van der Waals surface area contributed by atoms with E-state index in [0.29, 0.717) is 11.6 Å². The predicted molar refractivity (Wildman–Crippen MR) is 64.1 cm³/mol. The SMILES string of the molecule is NNc1cc(Cc2cc(F)cc(C(F)(F)F)c2)cnn1. The third-order valence-corrected chi connectivity index (χ3v) is 2.55. The molecule has 4 nitrogen and oxygen atoms in total. The Morgan fingerprint density at radius 3 is 2.50 bits per heavy atom. The fourth-order valence-corrected chi connectivity index (χ4v) is 1.73. The van der Waals surface area contributed by atoms with Crippen LogP contribution in [0.5, 0.6) is 0 Å². The fraction of sp³-hybridized carbons (Fsp3) is 0.167. The molecule has 0 atom stereocenters. The van der Waals surface area contributed by atoms with Crippen molar-refractivity contribution in [1.29, 1.82) is 0 Å². The molecule has 0 unspecified atom stereocenters. The Morgan fingerprint density at radius 1 is 1.10 bits per heavy atom. The van der Waals surface area contributed by atoms with Crippen LogP contribution in [-0.2, 0) is 12.6 Å². The van der Waals surface area contributed by atoms with Crippen LogP contribution in [0.15, 0.2) is 30.5 Å². The molecule has 0 aliphatic heterocycles. The van der Waals surface area contributed by atoms with Crippen molar-refractivity contribution < 1.29 is 17.6 Å². The first-order valence-electron chi connectivity index (χ1n) is 5.53. The van der Waals surface area contributed by atoms with Crippen molar-refractivity contribution in [2.45, 2.75) is 12.6 Å². The molecule has 0 spiro atoms. The molecular weight excluding hydrogens is 276 g/mol. The summed E-state index contributed by atoms with van der Waals surface area (Å²) in [6.45, 7) is 0. The normalized spacial score (nSPS) is 11.4. The van der Waals surface area contributed by atoms with Gasteiger partial charge in [-0.2, -0.15) is 18.3 Å². The number of nitrogens with two attached hydrogens (primary N) is 1. The van der Waals surface area contributed by atoms with Crippen LogP contribution in [0.4, 0.5) is 23.4 Å². The minimum Gasteiger partial charge on any atom is -0.307 e. The highest BCUT2D eigenvalue weighted by Crippen LogP contribution is 2.30. The van der Waals surface area contributed by atoms with Crippen LogP contribution in [0.1, 0.15) is 16.7 Å². The molecule has 8 heteroatoms. The Labute approximate surface area is 111 Å². The summed E-state index contributed by atoms with van der Waals surface area (Å²) in [4.78, 5) is 0. The number of alkyl halides is 3. The van der Waals surface area contributed by atoms with Crippen molar-refractivity contribution in [3.63, 3.8) is 0 Å². The molecule has 0 saturated carbocycles. The molecule has 0 amide bonds. The molecule has 1 aromatic carbocycles. The number of nitrogens with zero attached hydrogens (tertiary/aromatic N) is 2. The highest BCUT2D eigenvalue weighted by molar-refractivity contribution is 5.37. The van der Waals surface area contributed by atoms with Crippen molar-refractivity contribution in [2.24, 2.45) is 5.84 Å². The van der Waals surface area contributed by atoms with Crippen LogP contribution in [0, 0.1) is 5.82 Å². The smallest absolute Gasteiger partial charge is 0.307 e. The first kappa shape index (κ1) is 14.2. The number of anilines is 1. The number of hydrogen-bond donors (Lipinski definition) is 2. The fourth-order valence-electron chi connectivity index (χ4n) is 1.73. The summed E-state index contributed by atoms with van der Waals surface area (Å²) in [6, 6.07) is 3.93. The molecule has 20 heavy (non-hydrogen) atoms. The van der Waals surface area contributed by atoms with E-state index in [9.17, 15) is 17.6 Å². The Hall–Kier alpha value is -2.22. The van der Waals surface area contributed by atoms with Crippen LogP contribution in [0.2, 0.25) is 0 Å². The van der Waals surface area contributed by atoms with Gasteiger partial charge in [0.2, 0.25) is 0 Å². The Bertz CT molecular complexity index is 613. The number of nitrogens with one attached hydrogen (secondary N) is 1. The number of aromatic nitrogens is 2. The molecule has 0 aliphatic carbocycles. The lowest BCUT2D eigenvalue weighted by Gasteiger charge is -2.09. The summed E-state index contributed by atoms with van der Waals surface area (Å²) < 4.78 is 51.0. The second-order valence-corrected chi connectivity index (χ2v) is 4.12. The van der Waals surface area contributed by atoms with E-state index in [4.69, 9.17) is 5.84 Å². The average Bonchev–Trinajstić information content (AvgIpc) is 2.37. The lowest BCUT2D eigenvalue weighted by molar-refractivity contribution is -0.137. The summed E-state index contributed by atoms with van der Waals surface area (Å²) in [5.41, 5.74) is 2.00. The Balaban J connectivity index is 2.31. The summed E-state index contributed by atoms with van der Waals surface area (Å²) in [5, 5.41) is 7.27. The molecular formula is C12H10F4N4. The van der Waals surface area contributed by atoms with E-state index in [1.807, 2.05) is 0 Å². The van der Waals surface area contributed by atoms with Gasteiger partial charge >= 0.3 is 6.18 Å². The second kappa shape index (κ2) is 5.41. The number of halogens is 4. The molecule has 2 rings (SSSR count). The minimum atomic E-state index is -4.59. The standard InChI is InChI=1S/C12H10F4N4/c13-10-3-7(2-9(5-10)12(14,15)16)1-8-4-11(19-17)20-18-6-8/h2-6H,1,17H2,(H,19,20). The van der Waals surface area contributed by atoms with Gasteiger partial charge in [0.05, 0.1) is 11.8 Å². The average molecular weight is 286 g/mol. The molecule has 3 N–H and O–H groups in total. The number of benzene rings is 1. The van der Waals surface area contributed by atoms with Gasteiger partial charge in [-0.1, -0.05) is 0 Å². The Kier molecular flexibility index (Phi) is 3.84. The highest BCUT2D eigenvalue weighted by atomic mass is 19.4. The molecule has 0 saturated heterocycles. The third kappa shape index (κ3) is 3.41. The summed E-state index contributed by atoms with van der Waals surface area (Å²) in [5.74, 6) is 4.49.